The van der Waals surface area contributed by atoms with Crippen molar-refractivity contribution in [3.05, 3.63) is 53.8 Å². The van der Waals surface area contributed by atoms with Gasteiger partial charge in [-0.25, -0.2) is 4.98 Å². The van der Waals surface area contributed by atoms with Crippen molar-refractivity contribution in [2.24, 2.45) is 5.92 Å². The van der Waals surface area contributed by atoms with E-state index >= 15 is 0 Å². The molecule has 1 saturated carbocycles. The van der Waals surface area contributed by atoms with Gasteiger partial charge in [0.25, 0.3) is 0 Å². The topological polar surface area (TPSA) is 54.9 Å². The van der Waals surface area contributed by atoms with E-state index in [2.05, 4.69) is 16.4 Å². The number of carbonyl (C=O) groups is 1. The van der Waals surface area contributed by atoms with Crippen LogP contribution < -0.4 is 5.32 Å². The molecule has 24 heavy (non-hydrogen) atoms. The molecular formula is C19H19N3OS. The van der Waals surface area contributed by atoms with Crippen LogP contribution in [0.15, 0.2) is 48.8 Å². The fourth-order valence-corrected chi connectivity index (χ4v) is 4.63. The van der Waals surface area contributed by atoms with E-state index in [0.29, 0.717) is 0 Å². The molecule has 0 aliphatic heterocycles. The number of hydrogen-bond acceptors (Lipinski definition) is 4. The Bertz CT molecular complexity index is 813. The van der Waals surface area contributed by atoms with Gasteiger partial charge in [-0.1, -0.05) is 25.0 Å². The van der Waals surface area contributed by atoms with Crippen LogP contribution in [0.4, 0.5) is 5.69 Å². The number of nitrogens with one attached hydrogen (secondary N) is 1. The van der Waals surface area contributed by atoms with E-state index in [4.69, 9.17) is 4.98 Å². The summed E-state index contributed by atoms with van der Waals surface area (Å²) in [6.07, 6.45) is 7.62. The SMILES string of the molecule is O=C(Nc1cccnc1)[C@H]1CCCC[C@H]1c1nc2ccccc2s1. The number of carbonyl (C=O) groups excluding carboxylic acids is 1. The van der Waals surface area contributed by atoms with E-state index in [1.807, 2.05) is 30.3 Å². The van der Waals surface area contributed by atoms with Crippen LogP contribution in [0.5, 0.6) is 0 Å². The lowest BCUT2D eigenvalue weighted by Crippen LogP contribution is -2.30. The lowest BCUT2D eigenvalue weighted by atomic mass is 9.79. The molecule has 0 unspecified atom stereocenters. The number of thiazole rings is 1. The standard InChI is InChI=1S/C19H19N3OS/c23-18(21-13-6-5-11-20-12-13)14-7-1-2-8-15(14)19-22-16-9-3-4-10-17(16)24-19/h3-6,9-12,14-15H,1-2,7-8H2,(H,21,23)/t14-,15+/m0/s1. The number of anilines is 1. The molecule has 0 radical (unpaired) electrons. The molecule has 0 spiro atoms. The van der Waals surface area contributed by atoms with Gasteiger partial charge in [-0.15, -0.1) is 11.3 Å². The minimum atomic E-state index is -0.0143. The summed E-state index contributed by atoms with van der Waals surface area (Å²) in [5, 5.41) is 4.12. The molecule has 122 valence electrons. The van der Waals surface area contributed by atoms with Gasteiger partial charge in [0, 0.05) is 18.0 Å². The van der Waals surface area contributed by atoms with Gasteiger partial charge < -0.3 is 5.32 Å². The van der Waals surface area contributed by atoms with Crippen LogP contribution in [0.2, 0.25) is 0 Å². The van der Waals surface area contributed by atoms with Crippen molar-refractivity contribution in [2.45, 2.75) is 31.6 Å². The Hall–Kier alpha value is -2.27. The average Bonchev–Trinajstić information content (AvgIpc) is 3.06. The van der Waals surface area contributed by atoms with Gasteiger partial charge in [-0.3, -0.25) is 9.78 Å². The smallest absolute Gasteiger partial charge is 0.228 e. The summed E-state index contributed by atoms with van der Waals surface area (Å²) in [5.41, 5.74) is 1.80. The Morgan fingerprint density at radius 2 is 2.00 bits per heavy atom. The van der Waals surface area contributed by atoms with Crippen molar-refractivity contribution >= 4 is 33.1 Å². The maximum atomic E-state index is 12.8. The van der Waals surface area contributed by atoms with Crippen LogP contribution in [0.1, 0.15) is 36.6 Å². The van der Waals surface area contributed by atoms with E-state index < -0.39 is 0 Å². The summed E-state index contributed by atoms with van der Waals surface area (Å²) in [6.45, 7) is 0. The highest BCUT2D eigenvalue weighted by atomic mass is 32.1. The maximum Gasteiger partial charge on any atom is 0.228 e. The van der Waals surface area contributed by atoms with Crippen LogP contribution in [-0.4, -0.2) is 15.9 Å². The predicted molar refractivity (Wildman–Crippen MR) is 97.2 cm³/mol. The Balaban J connectivity index is 1.59. The minimum Gasteiger partial charge on any atom is -0.324 e. The molecule has 1 N–H and O–H groups in total. The predicted octanol–water partition coefficient (Wildman–Crippen LogP) is 4.60. The summed E-state index contributed by atoms with van der Waals surface area (Å²) < 4.78 is 1.20. The van der Waals surface area contributed by atoms with Crippen molar-refractivity contribution in [2.75, 3.05) is 5.32 Å². The Morgan fingerprint density at radius 1 is 1.12 bits per heavy atom. The number of fused-ring (bicyclic) bond motifs is 1. The molecule has 2 atom stereocenters. The molecule has 5 heteroatoms. The number of hydrogen-bond donors (Lipinski definition) is 1. The molecule has 1 aromatic carbocycles. The molecule has 0 bridgehead atoms. The molecule has 1 aliphatic rings. The number of amides is 1. The van der Waals surface area contributed by atoms with E-state index in [1.54, 1.807) is 23.7 Å². The maximum absolute atomic E-state index is 12.8. The molecule has 4 nitrogen and oxygen atoms in total. The summed E-state index contributed by atoms with van der Waals surface area (Å²) in [7, 11) is 0. The average molecular weight is 337 g/mol. The van der Waals surface area contributed by atoms with Crippen LogP contribution in [-0.2, 0) is 4.79 Å². The number of nitrogens with zero attached hydrogens (tertiary/aromatic N) is 2. The van der Waals surface area contributed by atoms with Gasteiger partial charge in [-0.2, -0.15) is 0 Å². The quantitative estimate of drug-likeness (QED) is 0.759. The van der Waals surface area contributed by atoms with Crippen molar-refractivity contribution in [3.8, 4) is 0 Å². The summed E-state index contributed by atoms with van der Waals surface area (Å²) in [6, 6.07) is 11.9. The Morgan fingerprint density at radius 3 is 2.83 bits per heavy atom. The number of rotatable bonds is 3. The zero-order chi connectivity index (χ0) is 16.4. The second-order valence-electron chi connectivity index (χ2n) is 6.25. The van der Waals surface area contributed by atoms with Gasteiger partial charge in [0.1, 0.15) is 0 Å². The second-order valence-corrected chi connectivity index (χ2v) is 7.31. The molecule has 4 rings (SSSR count). The molecule has 1 fully saturated rings. The fraction of sp³-hybridized carbons (Fsp3) is 0.316. The van der Waals surface area contributed by atoms with Crippen molar-refractivity contribution < 1.29 is 4.79 Å². The molecule has 1 aliphatic carbocycles. The summed E-state index contributed by atoms with van der Waals surface area (Å²) >= 11 is 1.73. The zero-order valence-electron chi connectivity index (χ0n) is 13.3. The van der Waals surface area contributed by atoms with Crippen molar-refractivity contribution in [3.63, 3.8) is 0 Å². The third-order valence-corrected chi connectivity index (χ3v) is 5.83. The summed E-state index contributed by atoms with van der Waals surface area (Å²) in [5.74, 6) is 0.291. The number of benzene rings is 1. The van der Waals surface area contributed by atoms with Gasteiger partial charge >= 0.3 is 0 Å². The normalized spacial score (nSPS) is 20.8. The van der Waals surface area contributed by atoms with Gasteiger partial charge in [-0.05, 0) is 37.1 Å². The second kappa shape index (κ2) is 6.69. The van der Waals surface area contributed by atoms with Crippen molar-refractivity contribution in [1.29, 1.82) is 0 Å². The molecule has 0 saturated heterocycles. The summed E-state index contributed by atoms with van der Waals surface area (Å²) in [4.78, 5) is 21.7. The number of para-hydroxylation sites is 1. The van der Waals surface area contributed by atoms with Crippen LogP contribution >= 0.6 is 11.3 Å². The van der Waals surface area contributed by atoms with Crippen LogP contribution in [0.3, 0.4) is 0 Å². The van der Waals surface area contributed by atoms with E-state index in [9.17, 15) is 4.79 Å². The molecular weight excluding hydrogens is 318 g/mol. The van der Waals surface area contributed by atoms with Crippen LogP contribution in [0.25, 0.3) is 10.2 Å². The molecule has 1 amide bonds. The zero-order valence-corrected chi connectivity index (χ0v) is 14.1. The first kappa shape index (κ1) is 15.3. The first-order valence-electron chi connectivity index (χ1n) is 8.37. The first-order chi connectivity index (χ1) is 11.8. The van der Waals surface area contributed by atoms with Crippen LogP contribution in [0, 0.1) is 5.92 Å². The van der Waals surface area contributed by atoms with E-state index in [-0.39, 0.29) is 17.7 Å². The lowest BCUT2D eigenvalue weighted by Gasteiger charge is -2.29. The monoisotopic (exact) mass is 337 g/mol. The minimum absolute atomic E-state index is 0.0143. The molecule has 2 heterocycles. The molecule has 2 aromatic heterocycles. The third-order valence-electron chi connectivity index (χ3n) is 4.66. The first-order valence-corrected chi connectivity index (χ1v) is 9.19. The lowest BCUT2D eigenvalue weighted by molar-refractivity contribution is -0.121. The third kappa shape index (κ3) is 3.04. The van der Waals surface area contributed by atoms with Gasteiger partial charge in [0.2, 0.25) is 5.91 Å². The van der Waals surface area contributed by atoms with Crippen molar-refractivity contribution in [1.82, 2.24) is 9.97 Å². The van der Waals surface area contributed by atoms with E-state index in [1.165, 1.54) is 4.70 Å². The number of pyridine rings is 1. The Labute approximate surface area is 145 Å². The highest BCUT2D eigenvalue weighted by Gasteiger charge is 2.34. The van der Waals surface area contributed by atoms with E-state index in [0.717, 1.165) is 41.9 Å². The molecule has 3 aromatic rings. The Kier molecular flexibility index (Phi) is 4.26. The highest BCUT2D eigenvalue weighted by molar-refractivity contribution is 7.18. The van der Waals surface area contributed by atoms with Gasteiger partial charge in [0.05, 0.1) is 27.1 Å². The fourth-order valence-electron chi connectivity index (χ4n) is 3.46. The number of aromatic nitrogens is 2. The van der Waals surface area contributed by atoms with Gasteiger partial charge in [0.15, 0.2) is 0 Å². The highest BCUT2D eigenvalue weighted by Crippen LogP contribution is 2.41. The largest absolute Gasteiger partial charge is 0.324 e.